The molecule has 2 heterocycles. The number of nitrogens with zero attached hydrogens (tertiary/aromatic N) is 2. The number of hydrogen-bond donors (Lipinski definition) is 1. The second-order valence-corrected chi connectivity index (χ2v) is 7.70. The van der Waals surface area contributed by atoms with Crippen molar-refractivity contribution in [3.63, 3.8) is 0 Å². The van der Waals surface area contributed by atoms with Crippen LogP contribution in [0.4, 0.5) is 0 Å². The number of methoxy groups -OCH3 is 1. The van der Waals surface area contributed by atoms with Gasteiger partial charge in [0.1, 0.15) is 0 Å². The summed E-state index contributed by atoms with van der Waals surface area (Å²) in [5.74, 6) is 1.20. The lowest BCUT2D eigenvalue weighted by atomic mass is 10.0. The molecule has 146 valence electrons. The molecule has 0 radical (unpaired) electrons. The maximum Gasteiger partial charge on any atom is 0.254 e. The zero-order valence-corrected chi connectivity index (χ0v) is 17.9. The Labute approximate surface area is 168 Å². The average molecular weight is 436 g/mol. The van der Waals surface area contributed by atoms with Gasteiger partial charge in [-0.2, -0.15) is 5.10 Å². The molecule has 1 aliphatic rings. The Morgan fingerprint density at radius 3 is 2.81 bits per heavy atom. The maximum atomic E-state index is 13.3. The summed E-state index contributed by atoms with van der Waals surface area (Å²) in [5.41, 5.74) is 3.71. The maximum absolute atomic E-state index is 13.3. The SMILES string of the molecule is CCCOc1c(Br)cc(C(=O)N2CCC[C@@H]2c2c(C)n[nH]c2C)cc1OC. The number of ether oxygens (including phenoxy) is 2. The fourth-order valence-corrected chi connectivity index (χ4v) is 4.27. The number of aromatic amines is 1. The van der Waals surface area contributed by atoms with Crippen molar-refractivity contribution in [2.24, 2.45) is 0 Å². The van der Waals surface area contributed by atoms with Gasteiger partial charge in [0.05, 0.1) is 29.9 Å². The largest absolute Gasteiger partial charge is 0.493 e. The van der Waals surface area contributed by atoms with Gasteiger partial charge in [0, 0.05) is 23.4 Å². The Morgan fingerprint density at radius 2 is 2.19 bits per heavy atom. The number of carbonyl (C=O) groups is 1. The molecule has 0 aliphatic carbocycles. The number of H-pyrrole nitrogens is 1. The number of likely N-dealkylation sites (tertiary alicyclic amines) is 1. The molecule has 3 rings (SSSR count). The zero-order valence-electron chi connectivity index (χ0n) is 16.3. The highest BCUT2D eigenvalue weighted by molar-refractivity contribution is 9.10. The molecular weight excluding hydrogens is 410 g/mol. The van der Waals surface area contributed by atoms with E-state index in [1.807, 2.05) is 31.7 Å². The van der Waals surface area contributed by atoms with E-state index in [4.69, 9.17) is 9.47 Å². The second kappa shape index (κ2) is 8.33. The van der Waals surface area contributed by atoms with Crippen LogP contribution in [0.3, 0.4) is 0 Å². The normalized spacial score (nSPS) is 16.6. The summed E-state index contributed by atoms with van der Waals surface area (Å²) < 4.78 is 12.0. The number of aryl methyl sites for hydroxylation is 2. The van der Waals surface area contributed by atoms with Crippen LogP contribution >= 0.6 is 15.9 Å². The van der Waals surface area contributed by atoms with Crippen LogP contribution in [0.5, 0.6) is 11.5 Å². The van der Waals surface area contributed by atoms with Crippen molar-refractivity contribution in [3.05, 3.63) is 39.1 Å². The molecule has 1 amide bonds. The fourth-order valence-electron chi connectivity index (χ4n) is 3.71. The minimum absolute atomic E-state index is 0.00135. The average Bonchev–Trinajstić information content (AvgIpc) is 3.25. The van der Waals surface area contributed by atoms with Crippen LogP contribution in [-0.4, -0.2) is 41.3 Å². The lowest BCUT2D eigenvalue weighted by Gasteiger charge is -2.26. The van der Waals surface area contributed by atoms with Crippen LogP contribution in [0.2, 0.25) is 0 Å². The van der Waals surface area contributed by atoms with E-state index < -0.39 is 0 Å². The number of amides is 1. The summed E-state index contributed by atoms with van der Waals surface area (Å²) >= 11 is 3.53. The summed E-state index contributed by atoms with van der Waals surface area (Å²) in [5, 5.41) is 7.34. The molecule has 6 nitrogen and oxygen atoms in total. The molecule has 2 aromatic rings. The van der Waals surface area contributed by atoms with E-state index in [0.29, 0.717) is 23.7 Å². The Morgan fingerprint density at radius 1 is 1.41 bits per heavy atom. The molecular formula is C20H26BrN3O3. The smallest absolute Gasteiger partial charge is 0.254 e. The third-order valence-electron chi connectivity index (χ3n) is 4.96. The van der Waals surface area contributed by atoms with Gasteiger partial charge < -0.3 is 14.4 Å². The first kappa shape index (κ1) is 19.7. The molecule has 1 fully saturated rings. The van der Waals surface area contributed by atoms with Gasteiger partial charge in [0.15, 0.2) is 11.5 Å². The summed E-state index contributed by atoms with van der Waals surface area (Å²) in [6.45, 7) is 7.37. The van der Waals surface area contributed by atoms with Gasteiger partial charge in [0.2, 0.25) is 0 Å². The first-order valence-corrected chi connectivity index (χ1v) is 10.1. The summed E-state index contributed by atoms with van der Waals surface area (Å²) in [4.78, 5) is 15.2. The highest BCUT2D eigenvalue weighted by atomic mass is 79.9. The van der Waals surface area contributed by atoms with Crippen LogP contribution in [-0.2, 0) is 0 Å². The highest BCUT2D eigenvalue weighted by Crippen LogP contribution is 2.40. The summed E-state index contributed by atoms with van der Waals surface area (Å²) in [6.07, 6.45) is 2.83. The second-order valence-electron chi connectivity index (χ2n) is 6.84. The van der Waals surface area contributed by atoms with E-state index in [1.54, 1.807) is 13.2 Å². The molecule has 7 heteroatoms. The van der Waals surface area contributed by atoms with E-state index in [1.165, 1.54) is 0 Å². The standard InChI is InChI=1S/C20H26BrN3O3/c1-5-9-27-19-15(21)10-14(11-17(19)26-4)20(25)24-8-6-7-16(24)18-12(2)22-23-13(18)3/h10-11,16H,5-9H2,1-4H3,(H,22,23)/t16-/m1/s1. The number of aromatic nitrogens is 2. The lowest BCUT2D eigenvalue weighted by molar-refractivity contribution is 0.0734. The molecule has 1 aromatic heterocycles. The molecule has 1 aliphatic heterocycles. The number of benzene rings is 1. The summed E-state index contributed by atoms with van der Waals surface area (Å²) in [7, 11) is 1.59. The van der Waals surface area contributed by atoms with Crippen molar-refractivity contribution in [2.75, 3.05) is 20.3 Å². The van der Waals surface area contributed by atoms with Crippen molar-refractivity contribution in [1.82, 2.24) is 15.1 Å². The number of halogens is 1. The molecule has 0 unspecified atom stereocenters. The van der Waals surface area contributed by atoms with Gasteiger partial charge in [-0.15, -0.1) is 0 Å². The topological polar surface area (TPSA) is 67.5 Å². The highest BCUT2D eigenvalue weighted by Gasteiger charge is 2.34. The van der Waals surface area contributed by atoms with Crippen LogP contribution in [0.1, 0.15) is 59.5 Å². The van der Waals surface area contributed by atoms with Gasteiger partial charge in [-0.1, -0.05) is 6.92 Å². The lowest BCUT2D eigenvalue weighted by Crippen LogP contribution is -2.31. The van der Waals surface area contributed by atoms with E-state index >= 15 is 0 Å². The monoisotopic (exact) mass is 435 g/mol. The van der Waals surface area contributed by atoms with E-state index in [2.05, 4.69) is 26.1 Å². The first-order valence-electron chi connectivity index (χ1n) is 9.30. The van der Waals surface area contributed by atoms with Crippen molar-refractivity contribution >= 4 is 21.8 Å². The molecule has 27 heavy (non-hydrogen) atoms. The molecule has 0 bridgehead atoms. The Balaban J connectivity index is 1.92. The van der Waals surface area contributed by atoms with E-state index in [0.717, 1.165) is 47.2 Å². The molecule has 1 aromatic carbocycles. The minimum atomic E-state index is -0.00135. The Bertz CT molecular complexity index is 815. The molecule has 0 spiro atoms. The van der Waals surface area contributed by atoms with Crippen LogP contribution in [0.25, 0.3) is 0 Å². The Hall–Kier alpha value is -2.02. The first-order chi connectivity index (χ1) is 13.0. The fraction of sp³-hybridized carbons (Fsp3) is 0.500. The van der Waals surface area contributed by atoms with Crippen molar-refractivity contribution in [1.29, 1.82) is 0 Å². The van der Waals surface area contributed by atoms with Gasteiger partial charge in [0.25, 0.3) is 5.91 Å². The van der Waals surface area contributed by atoms with Crippen LogP contribution in [0.15, 0.2) is 16.6 Å². The predicted molar refractivity (Wildman–Crippen MR) is 108 cm³/mol. The predicted octanol–water partition coefficient (Wildman–Crippen LogP) is 4.56. The van der Waals surface area contributed by atoms with E-state index in [-0.39, 0.29) is 11.9 Å². The third-order valence-corrected chi connectivity index (χ3v) is 5.55. The van der Waals surface area contributed by atoms with Gasteiger partial charge in [-0.3, -0.25) is 9.89 Å². The van der Waals surface area contributed by atoms with Crippen molar-refractivity contribution in [3.8, 4) is 11.5 Å². The van der Waals surface area contributed by atoms with Gasteiger partial charge >= 0.3 is 0 Å². The summed E-state index contributed by atoms with van der Waals surface area (Å²) in [6, 6.07) is 3.64. The van der Waals surface area contributed by atoms with Crippen molar-refractivity contribution < 1.29 is 14.3 Å². The number of carbonyl (C=O) groups excluding carboxylic acids is 1. The van der Waals surface area contributed by atoms with Gasteiger partial charge in [-0.05, 0) is 61.2 Å². The molecule has 0 saturated carbocycles. The van der Waals surface area contributed by atoms with E-state index in [9.17, 15) is 4.79 Å². The minimum Gasteiger partial charge on any atom is -0.493 e. The van der Waals surface area contributed by atoms with Gasteiger partial charge in [-0.25, -0.2) is 0 Å². The van der Waals surface area contributed by atoms with Crippen molar-refractivity contribution in [2.45, 2.75) is 46.1 Å². The van der Waals surface area contributed by atoms with Crippen LogP contribution < -0.4 is 9.47 Å². The number of hydrogen-bond acceptors (Lipinski definition) is 4. The number of nitrogens with one attached hydrogen (secondary N) is 1. The quantitative estimate of drug-likeness (QED) is 0.721. The Kier molecular flexibility index (Phi) is 6.09. The molecule has 1 atom stereocenters. The molecule has 1 N–H and O–H groups in total. The molecule has 1 saturated heterocycles. The van der Waals surface area contributed by atoms with Crippen LogP contribution in [0, 0.1) is 13.8 Å². The number of rotatable bonds is 6. The zero-order chi connectivity index (χ0) is 19.6. The third kappa shape index (κ3) is 3.83.